The fraction of sp³-hybridized carbons (Fsp3) is 0.400. The highest BCUT2D eigenvalue weighted by Crippen LogP contribution is 2.39. The van der Waals surface area contributed by atoms with Crippen molar-refractivity contribution in [3.05, 3.63) is 36.3 Å². The normalized spacial score (nSPS) is 18.6. The molecule has 2 aliphatic rings. The van der Waals surface area contributed by atoms with Gasteiger partial charge in [0.15, 0.2) is 5.65 Å². The molecule has 0 amide bonds. The number of H-pyrrole nitrogens is 1. The van der Waals surface area contributed by atoms with Gasteiger partial charge in [0.2, 0.25) is 0 Å². The van der Waals surface area contributed by atoms with Gasteiger partial charge in [-0.2, -0.15) is 5.10 Å². The largest absolute Gasteiger partial charge is 0.354 e. The molecular formula is C15H15N7. The molecule has 1 aliphatic heterocycles. The van der Waals surface area contributed by atoms with E-state index in [9.17, 15) is 0 Å². The van der Waals surface area contributed by atoms with Crippen LogP contribution in [0.2, 0.25) is 0 Å². The van der Waals surface area contributed by atoms with Crippen LogP contribution >= 0.6 is 0 Å². The van der Waals surface area contributed by atoms with Gasteiger partial charge in [0, 0.05) is 25.5 Å². The molecular weight excluding hydrogens is 278 g/mol. The van der Waals surface area contributed by atoms with Crippen molar-refractivity contribution in [1.82, 2.24) is 30.1 Å². The Morgan fingerprint density at radius 3 is 2.55 bits per heavy atom. The smallest absolute Gasteiger partial charge is 0.160 e. The van der Waals surface area contributed by atoms with Crippen LogP contribution in [-0.2, 0) is 0 Å². The zero-order chi connectivity index (χ0) is 14.5. The molecule has 0 spiro atoms. The second-order valence-corrected chi connectivity index (χ2v) is 6.08. The van der Waals surface area contributed by atoms with Gasteiger partial charge in [-0.3, -0.25) is 5.10 Å². The Morgan fingerprint density at radius 2 is 1.77 bits per heavy atom. The molecule has 22 heavy (non-hydrogen) atoms. The molecule has 0 atom stereocenters. The number of anilines is 1. The molecule has 0 unspecified atom stereocenters. The molecule has 4 heterocycles. The van der Waals surface area contributed by atoms with Crippen LogP contribution < -0.4 is 4.90 Å². The number of nitrogens with one attached hydrogen (secondary N) is 1. The molecule has 3 aromatic rings. The van der Waals surface area contributed by atoms with E-state index in [0.717, 1.165) is 35.8 Å². The lowest BCUT2D eigenvalue weighted by Crippen LogP contribution is -2.46. The fourth-order valence-electron chi connectivity index (χ4n) is 3.01. The summed E-state index contributed by atoms with van der Waals surface area (Å²) in [7, 11) is 0. The lowest BCUT2D eigenvalue weighted by Gasteiger charge is -2.39. The standard InChI is InChI=1S/C15H15N7/c1-2-9(1)10-3-16-13(17-4-10)11-6-22(7-11)15-12-5-20-21-14(12)18-8-19-15/h3-5,8-9,11H,1-2,6-7H2,(H,18,19,20,21). The number of aromatic amines is 1. The Morgan fingerprint density at radius 1 is 0.955 bits per heavy atom. The lowest BCUT2D eigenvalue weighted by molar-refractivity contribution is 0.497. The van der Waals surface area contributed by atoms with Gasteiger partial charge in [-0.15, -0.1) is 0 Å². The van der Waals surface area contributed by atoms with E-state index in [4.69, 9.17) is 0 Å². The third-order valence-electron chi connectivity index (χ3n) is 4.51. The maximum absolute atomic E-state index is 4.55. The molecule has 5 rings (SSSR count). The van der Waals surface area contributed by atoms with Crippen molar-refractivity contribution in [2.75, 3.05) is 18.0 Å². The summed E-state index contributed by atoms with van der Waals surface area (Å²) in [6.07, 6.45) is 9.93. The first-order chi connectivity index (χ1) is 10.9. The highest BCUT2D eigenvalue weighted by atomic mass is 15.3. The predicted molar refractivity (Wildman–Crippen MR) is 80.6 cm³/mol. The third kappa shape index (κ3) is 1.85. The van der Waals surface area contributed by atoms with Crippen molar-refractivity contribution in [2.24, 2.45) is 0 Å². The molecule has 0 bridgehead atoms. The Kier molecular flexibility index (Phi) is 2.44. The van der Waals surface area contributed by atoms with E-state index < -0.39 is 0 Å². The van der Waals surface area contributed by atoms with Crippen molar-refractivity contribution in [3.63, 3.8) is 0 Å². The van der Waals surface area contributed by atoms with Crippen LogP contribution in [0.3, 0.4) is 0 Å². The topological polar surface area (TPSA) is 83.5 Å². The Balaban J connectivity index is 1.34. The number of rotatable bonds is 3. The highest BCUT2D eigenvalue weighted by molar-refractivity contribution is 5.86. The van der Waals surface area contributed by atoms with Gasteiger partial charge in [0.05, 0.1) is 17.5 Å². The molecule has 1 aliphatic carbocycles. The summed E-state index contributed by atoms with van der Waals surface area (Å²) in [5.74, 6) is 2.97. The van der Waals surface area contributed by atoms with Gasteiger partial charge < -0.3 is 4.90 Å². The molecule has 7 nitrogen and oxygen atoms in total. The Hall–Kier alpha value is -2.57. The minimum atomic E-state index is 0.380. The molecule has 0 aromatic carbocycles. The molecule has 7 heteroatoms. The van der Waals surface area contributed by atoms with E-state index in [0.29, 0.717) is 11.8 Å². The van der Waals surface area contributed by atoms with E-state index in [-0.39, 0.29) is 0 Å². The lowest BCUT2D eigenvalue weighted by atomic mass is 9.99. The number of nitrogens with zero attached hydrogens (tertiary/aromatic N) is 6. The maximum atomic E-state index is 4.55. The minimum Gasteiger partial charge on any atom is -0.354 e. The second-order valence-electron chi connectivity index (χ2n) is 6.08. The molecule has 1 N–H and O–H groups in total. The highest BCUT2D eigenvalue weighted by Gasteiger charge is 2.33. The average molecular weight is 293 g/mol. The summed E-state index contributed by atoms with van der Waals surface area (Å²) < 4.78 is 0. The first-order valence-corrected chi connectivity index (χ1v) is 7.59. The second kappa shape index (κ2) is 4.46. The van der Waals surface area contributed by atoms with E-state index in [1.165, 1.54) is 18.4 Å². The van der Waals surface area contributed by atoms with Gasteiger partial charge in [-0.1, -0.05) is 0 Å². The van der Waals surface area contributed by atoms with Crippen LogP contribution in [-0.4, -0.2) is 43.2 Å². The SMILES string of the molecule is c1nc(N2CC(c3ncc(C4CC4)cn3)C2)c2cn[nH]c2n1. The number of hydrogen-bond acceptors (Lipinski definition) is 6. The molecule has 110 valence electrons. The first kappa shape index (κ1) is 12.0. The number of fused-ring (bicyclic) bond motifs is 1. The summed E-state index contributed by atoms with van der Waals surface area (Å²) in [4.78, 5) is 19.9. The summed E-state index contributed by atoms with van der Waals surface area (Å²) >= 11 is 0. The van der Waals surface area contributed by atoms with Gasteiger partial charge in [-0.25, -0.2) is 19.9 Å². The summed E-state index contributed by atoms with van der Waals surface area (Å²) in [6.45, 7) is 1.78. The van der Waals surface area contributed by atoms with Gasteiger partial charge >= 0.3 is 0 Å². The van der Waals surface area contributed by atoms with E-state index in [2.05, 4.69) is 35.0 Å². The third-order valence-corrected chi connectivity index (χ3v) is 4.51. The quantitative estimate of drug-likeness (QED) is 0.790. The van der Waals surface area contributed by atoms with Crippen LogP contribution in [0.4, 0.5) is 5.82 Å². The predicted octanol–water partition coefficient (Wildman–Crippen LogP) is 1.62. The van der Waals surface area contributed by atoms with Crippen molar-refractivity contribution in [2.45, 2.75) is 24.7 Å². The van der Waals surface area contributed by atoms with E-state index >= 15 is 0 Å². The summed E-state index contributed by atoms with van der Waals surface area (Å²) in [5, 5.41) is 7.87. The number of aromatic nitrogens is 6. The van der Waals surface area contributed by atoms with Gasteiger partial charge in [0.25, 0.3) is 0 Å². The van der Waals surface area contributed by atoms with E-state index in [1.54, 1.807) is 12.5 Å². The van der Waals surface area contributed by atoms with Crippen LogP contribution in [0.25, 0.3) is 11.0 Å². The van der Waals surface area contributed by atoms with Crippen molar-refractivity contribution < 1.29 is 0 Å². The Labute approximate surface area is 126 Å². The molecule has 2 fully saturated rings. The average Bonchev–Trinajstić information content (AvgIpc) is 3.24. The minimum absolute atomic E-state index is 0.380. The van der Waals surface area contributed by atoms with Crippen molar-refractivity contribution >= 4 is 16.9 Å². The van der Waals surface area contributed by atoms with Crippen LogP contribution in [0, 0.1) is 0 Å². The van der Waals surface area contributed by atoms with Crippen LogP contribution in [0.1, 0.15) is 36.1 Å². The maximum Gasteiger partial charge on any atom is 0.160 e. The molecule has 0 radical (unpaired) electrons. The first-order valence-electron chi connectivity index (χ1n) is 7.59. The zero-order valence-corrected chi connectivity index (χ0v) is 12.0. The van der Waals surface area contributed by atoms with Crippen molar-refractivity contribution in [1.29, 1.82) is 0 Å². The Bertz CT molecular complexity index is 815. The number of hydrogen-bond donors (Lipinski definition) is 1. The molecule has 3 aromatic heterocycles. The monoisotopic (exact) mass is 293 g/mol. The van der Waals surface area contributed by atoms with Gasteiger partial charge in [0.1, 0.15) is 18.0 Å². The zero-order valence-electron chi connectivity index (χ0n) is 12.0. The van der Waals surface area contributed by atoms with E-state index in [1.807, 2.05) is 12.4 Å². The van der Waals surface area contributed by atoms with Gasteiger partial charge in [-0.05, 0) is 24.3 Å². The summed E-state index contributed by atoms with van der Waals surface area (Å²) in [6, 6.07) is 0. The fourth-order valence-corrected chi connectivity index (χ4v) is 3.01. The molecule has 1 saturated carbocycles. The van der Waals surface area contributed by atoms with Crippen LogP contribution in [0.15, 0.2) is 24.9 Å². The summed E-state index contributed by atoms with van der Waals surface area (Å²) in [5.41, 5.74) is 2.06. The van der Waals surface area contributed by atoms with Crippen molar-refractivity contribution in [3.8, 4) is 0 Å². The van der Waals surface area contributed by atoms with Crippen LogP contribution in [0.5, 0.6) is 0 Å². The molecule has 1 saturated heterocycles.